The van der Waals surface area contributed by atoms with Gasteiger partial charge in [-0.15, -0.1) is 0 Å². The molecular weight excluding hydrogens is 332 g/mol. The average molecular weight is 353 g/mol. The van der Waals surface area contributed by atoms with Gasteiger partial charge in [0.1, 0.15) is 5.75 Å². The predicted molar refractivity (Wildman–Crippen MR) is 85.3 cm³/mol. The van der Waals surface area contributed by atoms with Crippen LogP contribution >= 0.6 is 15.9 Å². The Morgan fingerprint density at radius 3 is 2.71 bits per heavy atom. The van der Waals surface area contributed by atoms with Gasteiger partial charge in [-0.25, -0.2) is 0 Å². The van der Waals surface area contributed by atoms with Gasteiger partial charge in [0.15, 0.2) is 0 Å². The van der Waals surface area contributed by atoms with E-state index in [2.05, 4.69) is 26.6 Å². The Hall–Kier alpha value is -1.07. The van der Waals surface area contributed by atoms with E-state index in [1.54, 1.807) is 0 Å². The van der Waals surface area contributed by atoms with E-state index in [1.807, 2.05) is 18.2 Å². The molecule has 1 amide bonds. The fraction of sp³-hybridized carbons (Fsp3) is 0.562. The highest BCUT2D eigenvalue weighted by Gasteiger charge is 2.23. The van der Waals surface area contributed by atoms with Gasteiger partial charge in [-0.05, 0) is 49.4 Å². The summed E-state index contributed by atoms with van der Waals surface area (Å²) in [5, 5.41) is 6.46. The normalized spacial score (nSPS) is 17.6. The number of ether oxygens (including phenoxy) is 1. The molecule has 0 aliphatic heterocycles. The Morgan fingerprint density at radius 2 is 2.00 bits per heavy atom. The molecule has 3 rings (SSSR count). The molecule has 1 aromatic rings. The lowest BCUT2D eigenvalue weighted by Crippen LogP contribution is -2.26. The molecule has 2 fully saturated rings. The van der Waals surface area contributed by atoms with E-state index in [9.17, 15) is 4.79 Å². The third-order valence-electron chi connectivity index (χ3n) is 3.72. The smallest absolute Gasteiger partial charge is 0.223 e. The van der Waals surface area contributed by atoms with Crippen molar-refractivity contribution < 1.29 is 9.53 Å². The van der Waals surface area contributed by atoms with Crippen molar-refractivity contribution in [3.8, 4) is 5.75 Å². The van der Waals surface area contributed by atoms with Gasteiger partial charge in [0, 0.05) is 23.1 Å². The molecule has 2 N–H and O–H groups in total. The summed E-state index contributed by atoms with van der Waals surface area (Å²) in [6.07, 6.45) is 5.23. The molecule has 1 aromatic carbocycles. The van der Waals surface area contributed by atoms with Crippen molar-refractivity contribution in [3.63, 3.8) is 0 Å². The first kappa shape index (κ1) is 14.9. The van der Waals surface area contributed by atoms with Crippen LogP contribution in [0.25, 0.3) is 0 Å². The first-order valence-corrected chi connectivity index (χ1v) is 8.44. The van der Waals surface area contributed by atoms with Crippen molar-refractivity contribution in [2.75, 3.05) is 6.61 Å². The second kappa shape index (κ2) is 6.79. The molecule has 0 aromatic heterocycles. The second-order valence-corrected chi connectivity index (χ2v) is 6.70. The van der Waals surface area contributed by atoms with E-state index < -0.39 is 0 Å². The Morgan fingerprint density at radius 1 is 1.24 bits per heavy atom. The molecule has 2 aliphatic carbocycles. The van der Waals surface area contributed by atoms with Gasteiger partial charge in [-0.2, -0.15) is 0 Å². The number of amides is 1. The molecule has 0 saturated heterocycles. The summed E-state index contributed by atoms with van der Waals surface area (Å²) < 4.78 is 6.78. The minimum atomic E-state index is 0.0882. The van der Waals surface area contributed by atoms with Crippen molar-refractivity contribution in [2.45, 2.75) is 50.7 Å². The zero-order valence-electron chi connectivity index (χ0n) is 12.0. The van der Waals surface area contributed by atoms with Crippen LogP contribution in [0.15, 0.2) is 22.7 Å². The zero-order chi connectivity index (χ0) is 14.7. The first-order valence-electron chi connectivity index (χ1n) is 7.64. The van der Waals surface area contributed by atoms with E-state index >= 15 is 0 Å². The number of rotatable bonds is 8. The Balaban J connectivity index is 1.44. The maximum atomic E-state index is 11.6. The summed E-state index contributed by atoms with van der Waals surface area (Å²) in [7, 11) is 0. The fourth-order valence-corrected chi connectivity index (χ4v) is 2.49. The highest BCUT2D eigenvalue weighted by atomic mass is 79.9. The quantitative estimate of drug-likeness (QED) is 0.756. The molecule has 114 valence electrons. The summed E-state index contributed by atoms with van der Waals surface area (Å²) in [5.74, 6) is 0.912. The van der Waals surface area contributed by atoms with Gasteiger partial charge in [0.2, 0.25) is 5.91 Å². The SMILES string of the molecule is O=C(CCOc1ccc(Br)c(CNC2CC2)c1)NC1CC1. The van der Waals surface area contributed by atoms with Crippen LogP contribution in [0.1, 0.15) is 37.7 Å². The molecule has 21 heavy (non-hydrogen) atoms. The molecule has 0 unspecified atom stereocenters. The third kappa shape index (κ3) is 5.00. The molecule has 2 aliphatic rings. The molecule has 5 heteroatoms. The van der Waals surface area contributed by atoms with Crippen LogP contribution in [0.5, 0.6) is 5.75 Å². The van der Waals surface area contributed by atoms with Crippen molar-refractivity contribution in [3.05, 3.63) is 28.2 Å². The lowest BCUT2D eigenvalue weighted by atomic mass is 10.2. The van der Waals surface area contributed by atoms with E-state index in [4.69, 9.17) is 4.74 Å². The van der Waals surface area contributed by atoms with Crippen LogP contribution in [0.3, 0.4) is 0 Å². The topological polar surface area (TPSA) is 50.4 Å². The average Bonchev–Trinajstić information content (AvgIpc) is 3.33. The van der Waals surface area contributed by atoms with Crippen molar-refractivity contribution in [1.29, 1.82) is 0 Å². The lowest BCUT2D eigenvalue weighted by Gasteiger charge is -2.10. The minimum Gasteiger partial charge on any atom is -0.493 e. The number of hydrogen-bond donors (Lipinski definition) is 2. The standard InChI is InChI=1S/C16H21BrN2O2/c17-15-6-5-14(9-11(15)10-18-12-1-2-12)21-8-7-16(20)19-13-3-4-13/h5-6,9,12-13,18H,1-4,7-8,10H2,(H,19,20). The summed E-state index contributed by atoms with van der Waals surface area (Å²) in [6, 6.07) is 7.09. The van der Waals surface area contributed by atoms with Crippen molar-refractivity contribution >= 4 is 21.8 Å². The van der Waals surface area contributed by atoms with Crippen LogP contribution in [0, 0.1) is 0 Å². The fourth-order valence-electron chi connectivity index (χ4n) is 2.11. The summed E-state index contributed by atoms with van der Waals surface area (Å²) >= 11 is 3.57. The van der Waals surface area contributed by atoms with E-state index in [1.165, 1.54) is 18.4 Å². The van der Waals surface area contributed by atoms with Gasteiger partial charge in [-0.1, -0.05) is 15.9 Å². The monoisotopic (exact) mass is 352 g/mol. The number of carbonyl (C=O) groups excluding carboxylic acids is 1. The maximum absolute atomic E-state index is 11.6. The van der Waals surface area contributed by atoms with Gasteiger partial charge in [0.05, 0.1) is 13.0 Å². The van der Waals surface area contributed by atoms with Gasteiger partial charge in [-0.3, -0.25) is 4.79 Å². The Kier molecular flexibility index (Phi) is 4.80. The number of carbonyl (C=O) groups is 1. The summed E-state index contributed by atoms with van der Waals surface area (Å²) in [6.45, 7) is 1.28. The van der Waals surface area contributed by atoms with Crippen LogP contribution in [0.2, 0.25) is 0 Å². The highest BCUT2D eigenvalue weighted by Crippen LogP contribution is 2.25. The summed E-state index contributed by atoms with van der Waals surface area (Å²) in [4.78, 5) is 11.6. The Bertz CT molecular complexity index is 513. The molecule has 0 spiro atoms. The summed E-state index contributed by atoms with van der Waals surface area (Å²) in [5.41, 5.74) is 1.20. The third-order valence-corrected chi connectivity index (χ3v) is 4.49. The minimum absolute atomic E-state index is 0.0882. The number of hydrogen-bond acceptors (Lipinski definition) is 3. The van der Waals surface area contributed by atoms with E-state index in [0.717, 1.165) is 29.6 Å². The van der Waals surface area contributed by atoms with E-state index in [0.29, 0.717) is 25.1 Å². The molecule has 0 atom stereocenters. The number of benzene rings is 1. The molecule has 0 heterocycles. The number of halogens is 1. The van der Waals surface area contributed by atoms with Crippen LogP contribution < -0.4 is 15.4 Å². The van der Waals surface area contributed by atoms with Crippen LogP contribution in [-0.4, -0.2) is 24.6 Å². The van der Waals surface area contributed by atoms with Gasteiger partial charge < -0.3 is 15.4 Å². The number of nitrogens with one attached hydrogen (secondary N) is 2. The Labute approximate surface area is 133 Å². The maximum Gasteiger partial charge on any atom is 0.223 e. The highest BCUT2D eigenvalue weighted by molar-refractivity contribution is 9.10. The van der Waals surface area contributed by atoms with Crippen LogP contribution in [-0.2, 0) is 11.3 Å². The molecule has 0 bridgehead atoms. The van der Waals surface area contributed by atoms with Crippen molar-refractivity contribution in [1.82, 2.24) is 10.6 Å². The zero-order valence-corrected chi connectivity index (χ0v) is 13.6. The molecular formula is C16H21BrN2O2. The lowest BCUT2D eigenvalue weighted by molar-refractivity contribution is -0.121. The van der Waals surface area contributed by atoms with Gasteiger partial charge >= 0.3 is 0 Å². The largest absolute Gasteiger partial charge is 0.493 e. The predicted octanol–water partition coefficient (Wildman–Crippen LogP) is 2.75. The molecule has 0 radical (unpaired) electrons. The van der Waals surface area contributed by atoms with E-state index in [-0.39, 0.29) is 5.91 Å². The molecule has 4 nitrogen and oxygen atoms in total. The van der Waals surface area contributed by atoms with Gasteiger partial charge in [0.25, 0.3) is 0 Å². The molecule has 2 saturated carbocycles. The van der Waals surface area contributed by atoms with Crippen LogP contribution in [0.4, 0.5) is 0 Å². The van der Waals surface area contributed by atoms with Crippen molar-refractivity contribution in [2.24, 2.45) is 0 Å². The second-order valence-electron chi connectivity index (χ2n) is 5.85. The first-order chi connectivity index (χ1) is 10.2.